The molecule has 1 aromatic carbocycles. The van der Waals surface area contributed by atoms with Gasteiger partial charge in [-0.1, -0.05) is 12.1 Å². The Kier molecular flexibility index (Phi) is 5.61. The number of carbonyl (C=O) groups excluding carboxylic acids is 1. The highest BCUT2D eigenvalue weighted by Gasteiger charge is 2.28. The first-order valence-electron chi connectivity index (χ1n) is 7.50. The predicted octanol–water partition coefficient (Wildman–Crippen LogP) is 0.278. The predicted molar refractivity (Wildman–Crippen MR) is 88.0 cm³/mol. The largest absolute Gasteiger partial charge is 0.468 e. The quantitative estimate of drug-likeness (QED) is 0.775. The Morgan fingerprint density at radius 3 is 2.39 bits per heavy atom. The number of para-hydroxylation sites is 1. The molecule has 0 bridgehead atoms. The van der Waals surface area contributed by atoms with Crippen molar-refractivity contribution in [2.75, 3.05) is 45.2 Å². The van der Waals surface area contributed by atoms with Gasteiger partial charge >= 0.3 is 5.97 Å². The van der Waals surface area contributed by atoms with Gasteiger partial charge in [0.05, 0.1) is 12.8 Å². The minimum atomic E-state index is -3.50. The van der Waals surface area contributed by atoms with E-state index in [4.69, 9.17) is 4.74 Å². The summed E-state index contributed by atoms with van der Waals surface area (Å²) in [6.07, 6.45) is 0. The molecule has 1 N–H and O–H groups in total. The molecule has 1 saturated heterocycles. The van der Waals surface area contributed by atoms with Crippen molar-refractivity contribution in [3.63, 3.8) is 0 Å². The standard InChI is InChI=1S/C15H23N3O4S/c1-12(15(19)22-3)17-8-10-18(11-9-17)13-6-4-5-7-14(13)23(20,21)16-2/h4-7,12,16H,8-11H2,1-3H3/t12-/m0/s1. The van der Waals surface area contributed by atoms with Gasteiger partial charge < -0.3 is 9.64 Å². The molecule has 1 aromatic rings. The second-order valence-electron chi connectivity index (χ2n) is 5.40. The summed E-state index contributed by atoms with van der Waals surface area (Å²) < 4.78 is 31.4. The van der Waals surface area contributed by atoms with Gasteiger partial charge in [-0.05, 0) is 26.1 Å². The first-order valence-corrected chi connectivity index (χ1v) is 8.98. The highest BCUT2D eigenvalue weighted by Crippen LogP contribution is 2.26. The lowest BCUT2D eigenvalue weighted by molar-refractivity contribution is -0.146. The first kappa shape index (κ1) is 17.7. The van der Waals surface area contributed by atoms with E-state index >= 15 is 0 Å². The van der Waals surface area contributed by atoms with Crippen molar-refractivity contribution in [2.45, 2.75) is 17.9 Å². The molecule has 1 heterocycles. The lowest BCUT2D eigenvalue weighted by Gasteiger charge is -2.38. The van der Waals surface area contributed by atoms with Crippen LogP contribution in [0.5, 0.6) is 0 Å². The minimum Gasteiger partial charge on any atom is -0.468 e. The molecule has 0 amide bonds. The Balaban J connectivity index is 2.14. The number of methoxy groups -OCH3 is 1. The molecule has 0 aliphatic carbocycles. The summed E-state index contributed by atoms with van der Waals surface area (Å²) in [5.74, 6) is -0.253. The second-order valence-corrected chi connectivity index (χ2v) is 7.25. The number of hydrogen-bond donors (Lipinski definition) is 1. The van der Waals surface area contributed by atoms with E-state index in [1.54, 1.807) is 12.1 Å². The monoisotopic (exact) mass is 341 g/mol. The van der Waals surface area contributed by atoms with Crippen molar-refractivity contribution in [3.8, 4) is 0 Å². The average molecular weight is 341 g/mol. The number of rotatable bonds is 5. The van der Waals surface area contributed by atoms with Gasteiger partial charge in [-0.2, -0.15) is 0 Å². The van der Waals surface area contributed by atoms with Gasteiger partial charge in [0.1, 0.15) is 10.9 Å². The van der Waals surface area contributed by atoms with Crippen LogP contribution in [0.1, 0.15) is 6.92 Å². The molecule has 1 aliphatic rings. The summed E-state index contributed by atoms with van der Waals surface area (Å²) in [4.78, 5) is 16.0. The van der Waals surface area contributed by atoms with Crippen molar-refractivity contribution in [1.29, 1.82) is 0 Å². The van der Waals surface area contributed by atoms with Crippen LogP contribution in [-0.2, 0) is 19.6 Å². The Labute approximate surface area is 137 Å². The second kappa shape index (κ2) is 7.29. The van der Waals surface area contributed by atoms with E-state index in [2.05, 4.69) is 4.72 Å². The van der Waals surface area contributed by atoms with Gasteiger partial charge in [0, 0.05) is 26.2 Å². The maximum Gasteiger partial charge on any atom is 0.322 e. The number of hydrogen-bond acceptors (Lipinski definition) is 6. The molecule has 23 heavy (non-hydrogen) atoms. The maximum atomic E-state index is 12.2. The molecule has 1 aliphatic heterocycles. The summed E-state index contributed by atoms with van der Waals surface area (Å²) in [6.45, 7) is 4.46. The summed E-state index contributed by atoms with van der Waals surface area (Å²) in [7, 11) is -0.717. The smallest absolute Gasteiger partial charge is 0.322 e. The molecule has 8 heteroatoms. The molecule has 128 valence electrons. The summed E-state index contributed by atoms with van der Waals surface area (Å²) in [5.41, 5.74) is 0.687. The Bertz CT molecular complexity index is 654. The van der Waals surface area contributed by atoms with Crippen LogP contribution >= 0.6 is 0 Å². The number of nitrogens with zero attached hydrogens (tertiary/aromatic N) is 2. The molecule has 7 nitrogen and oxygen atoms in total. The lowest BCUT2D eigenvalue weighted by atomic mass is 10.2. The third-order valence-corrected chi connectivity index (χ3v) is 5.63. The maximum absolute atomic E-state index is 12.2. The van der Waals surface area contributed by atoms with Crippen LogP contribution in [0.2, 0.25) is 0 Å². The number of esters is 1. The van der Waals surface area contributed by atoms with Crippen LogP contribution in [0.4, 0.5) is 5.69 Å². The van der Waals surface area contributed by atoms with Crippen molar-refractivity contribution in [1.82, 2.24) is 9.62 Å². The topological polar surface area (TPSA) is 79.0 Å². The number of benzene rings is 1. The van der Waals surface area contributed by atoms with E-state index in [1.807, 2.05) is 28.9 Å². The summed E-state index contributed by atoms with van der Waals surface area (Å²) in [5, 5.41) is 0. The zero-order chi connectivity index (χ0) is 17.0. The van der Waals surface area contributed by atoms with Crippen LogP contribution in [0, 0.1) is 0 Å². The SMILES string of the molecule is CNS(=O)(=O)c1ccccc1N1CCN([C@@H](C)C(=O)OC)CC1. The van der Waals surface area contributed by atoms with E-state index in [0.29, 0.717) is 31.9 Å². The normalized spacial score (nSPS) is 17.8. The molecule has 0 radical (unpaired) electrons. The Morgan fingerprint density at radius 1 is 1.22 bits per heavy atom. The van der Waals surface area contributed by atoms with Gasteiger partial charge in [-0.3, -0.25) is 9.69 Å². The summed E-state index contributed by atoms with van der Waals surface area (Å²) >= 11 is 0. The highest BCUT2D eigenvalue weighted by molar-refractivity contribution is 7.89. The molecular weight excluding hydrogens is 318 g/mol. The third-order valence-electron chi connectivity index (χ3n) is 4.17. The fraction of sp³-hybridized carbons (Fsp3) is 0.533. The molecule has 0 spiro atoms. The highest BCUT2D eigenvalue weighted by atomic mass is 32.2. The summed E-state index contributed by atoms with van der Waals surface area (Å²) in [6, 6.07) is 6.66. The lowest BCUT2D eigenvalue weighted by Crippen LogP contribution is -2.52. The molecule has 0 aromatic heterocycles. The number of nitrogens with one attached hydrogen (secondary N) is 1. The third kappa shape index (κ3) is 3.82. The van der Waals surface area contributed by atoms with E-state index in [0.717, 1.165) is 0 Å². The first-order chi connectivity index (χ1) is 10.9. The number of anilines is 1. The molecule has 0 unspecified atom stereocenters. The van der Waals surface area contributed by atoms with Crippen LogP contribution in [0.25, 0.3) is 0 Å². The van der Waals surface area contributed by atoms with Crippen molar-refractivity contribution in [2.24, 2.45) is 0 Å². The van der Waals surface area contributed by atoms with Crippen LogP contribution in [0.3, 0.4) is 0 Å². The molecule has 0 saturated carbocycles. The Hall–Kier alpha value is -1.64. The number of piperazine rings is 1. The number of carbonyl (C=O) groups is 1. The van der Waals surface area contributed by atoms with Crippen LogP contribution < -0.4 is 9.62 Å². The molecule has 1 fully saturated rings. The van der Waals surface area contributed by atoms with E-state index < -0.39 is 10.0 Å². The van der Waals surface area contributed by atoms with Crippen molar-refractivity contribution in [3.05, 3.63) is 24.3 Å². The molecule has 1 atom stereocenters. The van der Waals surface area contributed by atoms with Crippen LogP contribution in [-0.4, -0.2) is 65.7 Å². The van der Waals surface area contributed by atoms with Crippen molar-refractivity contribution < 1.29 is 17.9 Å². The fourth-order valence-electron chi connectivity index (χ4n) is 2.73. The molecule has 2 rings (SSSR count). The van der Waals surface area contributed by atoms with Crippen molar-refractivity contribution >= 4 is 21.7 Å². The Morgan fingerprint density at radius 2 is 1.83 bits per heavy atom. The minimum absolute atomic E-state index is 0.253. The van der Waals surface area contributed by atoms with Crippen LogP contribution in [0.15, 0.2) is 29.2 Å². The zero-order valence-corrected chi connectivity index (χ0v) is 14.5. The number of sulfonamides is 1. The molecular formula is C15H23N3O4S. The van der Waals surface area contributed by atoms with Gasteiger partial charge in [0.15, 0.2) is 0 Å². The van der Waals surface area contributed by atoms with E-state index in [1.165, 1.54) is 14.2 Å². The van der Waals surface area contributed by atoms with E-state index in [-0.39, 0.29) is 16.9 Å². The number of ether oxygens (including phenoxy) is 1. The van der Waals surface area contributed by atoms with Gasteiger partial charge in [0.25, 0.3) is 0 Å². The zero-order valence-electron chi connectivity index (χ0n) is 13.7. The fourth-order valence-corrected chi connectivity index (χ4v) is 3.68. The van der Waals surface area contributed by atoms with Gasteiger partial charge in [-0.15, -0.1) is 0 Å². The average Bonchev–Trinajstić information content (AvgIpc) is 2.60. The van der Waals surface area contributed by atoms with Gasteiger partial charge in [-0.25, -0.2) is 13.1 Å². The van der Waals surface area contributed by atoms with E-state index in [9.17, 15) is 13.2 Å². The van der Waals surface area contributed by atoms with Gasteiger partial charge in [0.2, 0.25) is 10.0 Å².